The predicted octanol–water partition coefficient (Wildman–Crippen LogP) is 3.15. The normalized spacial score (nSPS) is 11.5. The van der Waals surface area contributed by atoms with Crippen molar-refractivity contribution >= 4 is 10.9 Å². The van der Waals surface area contributed by atoms with Gasteiger partial charge in [0.05, 0.1) is 0 Å². The Morgan fingerprint density at radius 2 is 2.06 bits per heavy atom. The van der Waals surface area contributed by atoms with E-state index in [2.05, 4.69) is 29.9 Å². The molecule has 0 aliphatic carbocycles. The minimum absolute atomic E-state index is 0.317. The molecule has 0 aliphatic rings. The first-order valence-electron chi connectivity index (χ1n) is 6.76. The molecule has 98 valence electrons. The quantitative estimate of drug-likeness (QED) is 0.822. The number of aromatic amines is 1. The zero-order valence-corrected chi connectivity index (χ0v) is 11.2. The van der Waals surface area contributed by atoms with Gasteiger partial charge in [0.25, 0.3) is 0 Å². The van der Waals surface area contributed by atoms with Crippen LogP contribution in [0, 0.1) is 0 Å². The fraction of sp³-hybridized carbons (Fsp3) is 0.467. The van der Waals surface area contributed by atoms with Crippen molar-refractivity contribution in [2.45, 2.75) is 26.7 Å². The first-order valence-corrected chi connectivity index (χ1v) is 6.76. The van der Waals surface area contributed by atoms with Crippen LogP contribution in [0.25, 0.3) is 10.9 Å². The summed E-state index contributed by atoms with van der Waals surface area (Å²) in [6, 6.07) is 5.53. The molecule has 0 fully saturated rings. The fourth-order valence-electron chi connectivity index (χ4n) is 2.40. The third-order valence-electron chi connectivity index (χ3n) is 3.44. The molecule has 18 heavy (non-hydrogen) atoms. The van der Waals surface area contributed by atoms with E-state index in [-0.39, 0.29) is 0 Å². The Morgan fingerprint density at radius 1 is 1.22 bits per heavy atom. The van der Waals surface area contributed by atoms with E-state index in [1.165, 1.54) is 23.9 Å². The van der Waals surface area contributed by atoms with Gasteiger partial charge >= 0.3 is 0 Å². The summed E-state index contributed by atoms with van der Waals surface area (Å²) < 4.78 is 0. The second-order valence-electron chi connectivity index (χ2n) is 4.73. The molecule has 0 saturated carbocycles. The molecule has 2 aromatic rings. The molecular weight excluding hydrogens is 224 g/mol. The van der Waals surface area contributed by atoms with Gasteiger partial charge in [-0.25, -0.2) is 0 Å². The van der Waals surface area contributed by atoms with Crippen LogP contribution in [0.4, 0.5) is 0 Å². The minimum atomic E-state index is 0.317. The van der Waals surface area contributed by atoms with Crippen molar-refractivity contribution in [2.75, 3.05) is 19.6 Å². The summed E-state index contributed by atoms with van der Waals surface area (Å²) in [4.78, 5) is 5.70. The van der Waals surface area contributed by atoms with Crippen LogP contribution in [0.1, 0.15) is 25.8 Å². The van der Waals surface area contributed by atoms with Gasteiger partial charge in [0.1, 0.15) is 5.75 Å². The van der Waals surface area contributed by atoms with Crippen LogP contribution in [0.3, 0.4) is 0 Å². The maximum Gasteiger partial charge on any atom is 0.117 e. The molecule has 0 spiro atoms. The average Bonchev–Trinajstić information content (AvgIpc) is 2.76. The van der Waals surface area contributed by atoms with Crippen LogP contribution < -0.4 is 0 Å². The van der Waals surface area contributed by atoms with Gasteiger partial charge in [0.2, 0.25) is 0 Å². The van der Waals surface area contributed by atoms with E-state index in [1.807, 2.05) is 6.07 Å². The number of benzene rings is 1. The van der Waals surface area contributed by atoms with Crippen molar-refractivity contribution in [1.29, 1.82) is 0 Å². The number of aromatic hydroxyl groups is 1. The molecule has 0 atom stereocenters. The zero-order chi connectivity index (χ0) is 13.0. The lowest BCUT2D eigenvalue weighted by Gasteiger charge is -2.18. The number of phenols is 1. The molecular formula is C15H22N2O. The van der Waals surface area contributed by atoms with E-state index in [0.29, 0.717) is 5.75 Å². The Hall–Kier alpha value is -1.48. The van der Waals surface area contributed by atoms with Gasteiger partial charge in [-0.05, 0) is 43.6 Å². The molecule has 1 aromatic carbocycles. The molecule has 0 unspecified atom stereocenters. The number of nitrogens with one attached hydrogen (secondary N) is 1. The van der Waals surface area contributed by atoms with Gasteiger partial charge in [-0.2, -0.15) is 0 Å². The Balaban J connectivity index is 2.07. The van der Waals surface area contributed by atoms with Gasteiger partial charge in [-0.3, -0.25) is 0 Å². The first kappa shape index (κ1) is 13.0. The van der Waals surface area contributed by atoms with Crippen molar-refractivity contribution in [3.63, 3.8) is 0 Å². The van der Waals surface area contributed by atoms with Crippen molar-refractivity contribution in [3.05, 3.63) is 30.0 Å². The second kappa shape index (κ2) is 5.91. The fourth-order valence-corrected chi connectivity index (χ4v) is 2.40. The van der Waals surface area contributed by atoms with Crippen LogP contribution in [0.2, 0.25) is 0 Å². The van der Waals surface area contributed by atoms with E-state index in [9.17, 15) is 5.11 Å². The molecule has 3 heteroatoms. The number of hydrogen-bond donors (Lipinski definition) is 2. The zero-order valence-electron chi connectivity index (χ0n) is 11.2. The summed E-state index contributed by atoms with van der Waals surface area (Å²) in [5.41, 5.74) is 2.35. The summed E-state index contributed by atoms with van der Waals surface area (Å²) >= 11 is 0. The molecule has 0 amide bonds. The molecule has 1 aromatic heterocycles. The molecule has 1 heterocycles. The lowest BCUT2D eigenvalue weighted by molar-refractivity contribution is 0.293. The van der Waals surface area contributed by atoms with Crippen molar-refractivity contribution in [2.24, 2.45) is 0 Å². The van der Waals surface area contributed by atoms with Gasteiger partial charge in [-0.1, -0.05) is 13.8 Å². The maximum atomic E-state index is 9.44. The molecule has 0 bridgehead atoms. The van der Waals surface area contributed by atoms with Crippen molar-refractivity contribution in [1.82, 2.24) is 9.88 Å². The molecule has 0 saturated heterocycles. The number of rotatable bonds is 6. The van der Waals surface area contributed by atoms with E-state index in [1.54, 1.807) is 12.1 Å². The second-order valence-corrected chi connectivity index (χ2v) is 4.73. The Bertz CT molecular complexity index is 504. The lowest BCUT2D eigenvalue weighted by Crippen LogP contribution is -2.26. The van der Waals surface area contributed by atoms with Gasteiger partial charge in [0, 0.05) is 29.7 Å². The standard InChI is InChI=1S/C15H22N2O/c1-3-8-17(4-2)9-7-12-11-16-15-10-13(18)5-6-14(12)15/h5-6,10-11,16,18H,3-4,7-9H2,1-2H3. The van der Waals surface area contributed by atoms with Crippen molar-refractivity contribution < 1.29 is 5.11 Å². The van der Waals surface area contributed by atoms with Crippen LogP contribution in [0.15, 0.2) is 24.4 Å². The highest BCUT2D eigenvalue weighted by Crippen LogP contribution is 2.22. The summed E-state index contributed by atoms with van der Waals surface area (Å²) in [5.74, 6) is 0.317. The molecule has 0 aliphatic heterocycles. The van der Waals surface area contributed by atoms with Crippen LogP contribution in [-0.2, 0) is 6.42 Å². The van der Waals surface area contributed by atoms with Gasteiger partial charge in [-0.15, -0.1) is 0 Å². The highest BCUT2D eigenvalue weighted by molar-refractivity contribution is 5.84. The minimum Gasteiger partial charge on any atom is -0.508 e. The highest BCUT2D eigenvalue weighted by atomic mass is 16.3. The third kappa shape index (κ3) is 2.85. The Kier molecular flexibility index (Phi) is 4.26. The van der Waals surface area contributed by atoms with Crippen LogP contribution in [0.5, 0.6) is 5.75 Å². The van der Waals surface area contributed by atoms with E-state index in [4.69, 9.17) is 0 Å². The number of aromatic nitrogens is 1. The summed E-state index contributed by atoms with van der Waals surface area (Å²) in [5, 5.41) is 10.7. The topological polar surface area (TPSA) is 39.3 Å². The van der Waals surface area contributed by atoms with E-state index in [0.717, 1.165) is 25.0 Å². The molecule has 2 rings (SSSR count). The SMILES string of the molecule is CCCN(CC)CCc1c[nH]c2cc(O)ccc12. The average molecular weight is 246 g/mol. The smallest absolute Gasteiger partial charge is 0.117 e. The largest absolute Gasteiger partial charge is 0.508 e. The lowest BCUT2D eigenvalue weighted by atomic mass is 10.1. The molecule has 2 N–H and O–H groups in total. The maximum absolute atomic E-state index is 9.44. The first-order chi connectivity index (χ1) is 8.74. The monoisotopic (exact) mass is 246 g/mol. The molecule has 3 nitrogen and oxygen atoms in total. The number of nitrogens with zero attached hydrogens (tertiary/aromatic N) is 1. The number of likely N-dealkylation sites (N-methyl/N-ethyl adjacent to an activating group) is 1. The summed E-state index contributed by atoms with van der Waals surface area (Å²) in [6.07, 6.45) is 4.32. The van der Waals surface area contributed by atoms with Crippen LogP contribution in [-0.4, -0.2) is 34.6 Å². The predicted molar refractivity (Wildman–Crippen MR) is 76.1 cm³/mol. The number of hydrogen-bond acceptors (Lipinski definition) is 2. The number of fused-ring (bicyclic) bond motifs is 1. The van der Waals surface area contributed by atoms with Gasteiger partial charge in [0.15, 0.2) is 0 Å². The number of phenolic OH excluding ortho intramolecular Hbond substituents is 1. The van der Waals surface area contributed by atoms with Crippen molar-refractivity contribution in [3.8, 4) is 5.75 Å². The summed E-state index contributed by atoms with van der Waals surface area (Å²) in [6.45, 7) is 7.80. The Morgan fingerprint density at radius 3 is 2.78 bits per heavy atom. The van der Waals surface area contributed by atoms with E-state index < -0.39 is 0 Å². The third-order valence-corrected chi connectivity index (χ3v) is 3.44. The molecule has 0 radical (unpaired) electrons. The van der Waals surface area contributed by atoms with E-state index >= 15 is 0 Å². The summed E-state index contributed by atoms with van der Waals surface area (Å²) in [7, 11) is 0. The van der Waals surface area contributed by atoms with Gasteiger partial charge < -0.3 is 15.0 Å². The Labute approximate surface area is 108 Å². The van der Waals surface area contributed by atoms with Crippen LogP contribution >= 0.6 is 0 Å². The number of H-pyrrole nitrogens is 1. The highest BCUT2D eigenvalue weighted by Gasteiger charge is 2.06.